The number of carbonyl (C=O) groups is 1. The number of amides is 1. The van der Waals surface area contributed by atoms with Crippen LogP contribution in [0.25, 0.3) is 0 Å². The molecule has 0 unspecified atom stereocenters. The van der Waals surface area contributed by atoms with E-state index >= 15 is 0 Å². The van der Waals surface area contributed by atoms with E-state index in [9.17, 15) is 4.79 Å². The molecule has 3 rings (SSSR count). The van der Waals surface area contributed by atoms with Crippen molar-refractivity contribution in [3.63, 3.8) is 0 Å². The molecule has 5 nitrogen and oxygen atoms in total. The largest absolute Gasteiger partial charge is 0.359 e. The Morgan fingerprint density at radius 3 is 2.75 bits per heavy atom. The summed E-state index contributed by atoms with van der Waals surface area (Å²) in [6.45, 7) is 0.550. The summed E-state index contributed by atoms with van der Waals surface area (Å²) in [4.78, 5) is 21.8. The van der Waals surface area contributed by atoms with Gasteiger partial charge in [0.15, 0.2) is 0 Å². The number of pyridine rings is 1. The maximum atomic E-state index is 12.0. The SMILES string of the molecule is [2H]C([2H])([2H])N(C[C@H]1CC[C@H](N2CCN(C)C(=O)C2)CC1)c1ccc(I)cn1. The van der Waals surface area contributed by atoms with E-state index in [1.54, 1.807) is 17.2 Å². The summed E-state index contributed by atoms with van der Waals surface area (Å²) in [5.41, 5.74) is 0. The zero-order valence-electron chi connectivity index (χ0n) is 17.1. The van der Waals surface area contributed by atoms with Crippen molar-refractivity contribution in [1.82, 2.24) is 14.8 Å². The van der Waals surface area contributed by atoms with Gasteiger partial charge in [0, 0.05) is 53.6 Å². The third-order valence-corrected chi connectivity index (χ3v) is 5.89. The van der Waals surface area contributed by atoms with Crippen molar-refractivity contribution in [2.24, 2.45) is 5.92 Å². The molecule has 0 bridgehead atoms. The number of hydrogen-bond donors (Lipinski definition) is 0. The number of nitrogens with zero attached hydrogens (tertiary/aromatic N) is 4. The molecule has 1 amide bonds. The lowest BCUT2D eigenvalue weighted by atomic mass is 9.84. The number of piperazine rings is 1. The van der Waals surface area contributed by atoms with Crippen LogP contribution < -0.4 is 4.90 Å². The number of aromatic nitrogens is 1. The van der Waals surface area contributed by atoms with E-state index in [4.69, 9.17) is 4.11 Å². The van der Waals surface area contributed by atoms with Crippen LogP contribution in [0.4, 0.5) is 5.82 Å². The summed E-state index contributed by atoms with van der Waals surface area (Å²) in [7, 11) is 1.86. The molecule has 2 fully saturated rings. The van der Waals surface area contributed by atoms with E-state index in [1.165, 1.54) is 4.90 Å². The average molecular weight is 445 g/mol. The highest BCUT2D eigenvalue weighted by Gasteiger charge is 2.30. The lowest BCUT2D eigenvalue weighted by Gasteiger charge is -2.41. The number of halogens is 1. The zero-order valence-corrected chi connectivity index (χ0v) is 16.3. The van der Waals surface area contributed by atoms with Crippen molar-refractivity contribution >= 4 is 34.3 Å². The number of carbonyl (C=O) groups excluding carboxylic acids is 1. The molecule has 1 saturated heterocycles. The molecule has 0 N–H and O–H groups in total. The van der Waals surface area contributed by atoms with Crippen molar-refractivity contribution in [3.05, 3.63) is 21.9 Å². The standard InChI is InChI=1S/C18H27IN4O/c1-21-9-10-23(13-18(21)24)16-6-3-14(4-7-16)12-22(2)17-8-5-15(19)11-20-17/h5,8,11,14,16H,3-4,6-7,9-10,12-13H2,1-2H3/t14-,16-/i2D3. The summed E-state index contributed by atoms with van der Waals surface area (Å²) >= 11 is 2.17. The summed E-state index contributed by atoms with van der Waals surface area (Å²) in [6, 6.07) is 4.12. The van der Waals surface area contributed by atoms with Crippen molar-refractivity contribution in [3.8, 4) is 0 Å². The van der Waals surface area contributed by atoms with E-state index in [0.717, 1.165) is 42.3 Å². The quantitative estimate of drug-likeness (QED) is 0.668. The van der Waals surface area contributed by atoms with Gasteiger partial charge in [0.1, 0.15) is 5.82 Å². The summed E-state index contributed by atoms with van der Waals surface area (Å²) < 4.78 is 24.7. The molecule has 6 heteroatoms. The third kappa shape index (κ3) is 4.39. The third-order valence-electron chi connectivity index (χ3n) is 5.25. The first-order chi connectivity index (χ1) is 12.7. The van der Waals surface area contributed by atoms with Gasteiger partial charge >= 0.3 is 0 Å². The molecule has 24 heavy (non-hydrogen) atoms. The van der Waals surface area contributed by atoms with E-state index in [1.807, 2.05) is 13.1 Å². The van der Waals surface area contributed by atoms with Gasteiger partial charge in [-0.1, -0.05) is 0 Å². The summed E-state index contributed by atoms with van der Waals surface area (Å²) in [6.07, 6.45) is 5.73. The fourth-order valence-electron chi connectivity index (χ4n) is 3.66. The van der Waals surface area contributed by atoms with Crippen LogP contribution in [0.1, 0.15) is 29.8 Å². The number of likely N-dealkylation sites (N-methyl/N-ethyl adjacent to an activating group) is 1. The van der Waals surface area contributed by atoms with Crippen LogP contribution in [0.3, 0.4) is 0 Å². The molecule has 1 aliphatic heterocycles. The first-order valence-corrected chi connectivity index (χ1v) is 9.69. The maximum absolute atomic E-state index is 12.0. The first kappa shape index (κ1) is 14.3. The van der Waals surface area contributed by atoms with E-state index in [2.05, 4.69) is 32.5 Å². The highest BCUT2D eigenvalue weighted by Crippen LogP contribution is 2.29. The van der Waals surface area contributed by atoms with Gasteiger partial charge < -0.3 is 9.80 Å². The van der Waals surface area contributed by atoms with Crippen LogP contribution in [0.15, 0.2) is 18.3 Å². The molecule has 0 spiro atoms. The Morgan fingerprint density at radius 2 is 2.12 bits per heavy atom. The minimum atomic E-state index is -2.19. The maximum Gasteiger partial charge on any atom is 0.236 e. The van der Waals surface area contributed by atoms with Crippen LogP contribution in [0.2, 0.25) is 0 Å². The molecular weight excluding hydrogens is 415 g/mol. The van der Waals surface area contributed by atoms with Crippen LogP contribution in [0.5, 0.6) is 0 Å². The fraction of sp³-hybridized carbons (Fsp3) is 0.667. The smallest absolute Gasteiger partial charge is 0.236 e. The summed E-state index contributed by atoms with van der Waals surface area (Å²) in [5, 5.41) is 0. The number of anilines is 1. The highest BCUT2D eigenvalue weighted by atomic mass is 127. The molecule has 0 radical (unpaired) electrons. The second-order valence-corrected chi connectivity index (χ2v) is 8.15. The van der Waals surface area contributed by atoms with Gasteiger partial charge in [-0.15, -0.1) is 0 Å². The normalized spacial score (nSPS) is 28.2. The Labute approximate surface area is 162 Å². The molecule has 1 aliphatic carbocycles. The second-order valence-electron chi connectivity index (χ2n) is 6.91. The monoisotopic (exact) mass is 445 g/mol. The predicted molar refractivity (Wildman–Crippen MR) is 105 cm³/mol. The Hall–Kier alpha value is -0.890. The van der Waals surface area contributed by atoms with Crippen molar-refractivity contribution in [2.75, 3.05) is 45.1 Å². The molecule has 132 valence electrons. The molecule has 2 heterocycles. The molecular formula is C18H27IN4O. The van der Waals surface area contributed by atoms with Crippen molar-refractivity contribution in [1.29, 1.82) is 0 Å². The average Bonchev–Trinajstić information content (AvgIpc) is 2.63. The summed E-state index contributed by atoms with van der Waals surface area (Å²) in [5.74, 6) is 1.05. The van der Waals surface area contributed by atoms with Gasteiger partial charge in [0.2, 0.25) is 5.91 Å². The van der Waals surface area contributed by atoms with Gasteiger partial charge in [-0.05, 0) is 66.3 Å². The molecule has 2 aliphatic rings. The van der Waals surface area contributed by atoms with Crippen LogP contribution in [0, 0.1) is 9.49 Å². The van der Waals surface area contributed by atoms with Gasteiger partial charge in [0.05, 0.1) is 6.54 Å². The van der Waals surface area contributed by atoms with Gasteiger partial charge in [-0.25, -0.2) is 4.98 Å². The van der Waals surface area contributed by atoms with Crippen LogP contribution in [-0.2, 0) is 4.79 Å². The number of rotatable bonds is 4. The fourth-order valence-corrected chi connectivity index (χ4v) is 3.98. The van der Waals surface area contributed by atoms with Gasteiger partial charge in [-0.2, -0.15) is 0 Å². The first-order valence-electron chi connectivity index (χ1n) is 10.1. The minimum Gasteiger partial charge on any atom is -0.359 e. The van der Waals surface area contributed by atoms with E-state index < -0.39 is 6.98 Å². The topological polar surface area (TPSA) is 39.7 Å². The van der Waals surface area contributed by atoms with E-state index in [0.29, 0.717) is 30.9 Å². The van der Waals surface area contributed by atoms with Crippen molar-refractivity contribution < 1.29 is 8.91 Å². The molecule has 0 aromatic carbocycles. The molecule has 1 aromatic heterocycles. The van der Waals surface area contributed by atoms with Crippen molar-refractivity contribution in [2.45, 2.75) is 31.7 Å². The van der Waals surface area contributed by atoms with Crippen LogP contribution >= 0.6 is 22.6 Å². The Bertz CT molecular complexity index is 647. The molecule has 1 saturated carbocycles. The highest BCUT2D eigenvalue weighted by molar-refractivity contribution is 14.1. The molecule has 0 atom stereocenters. The predicted octanol–water partition coefficient (Wildman–Crippen LogP) is 2.46. The lowest BCUT2D eigenvalue weighted by Crippen LogP contribution is -2.53. The van der Waals surface area contributed by atoms with Gasteiger partial charge in [0.25, 0.3) is 0 Å². The molecule has 1 aromatic rings. The lowest BCUT2D eigenvalue weighted by molar-refractivity contribution is -0.135. The second kappa shape index (κ2) is 7.99. The Kier molecular flexibility index (Phi) is 4.76. The number of hydrogen-bond acceptors (Lipinski definition) is 4. The zero-order chi connectivity index (χ0) is 19.6. The van der Waals surface area contributed by atoms with Gasteiger partial charge in [-0.3, -0.25) is 9.69 Å². The minimum absolute atomic E-state index is 0.196. The van der Waals surface area contributed by atoms with Crippen LogP contribution in [-0.4, -0.2) is 66.9 Å². The van der Waals surface area contributed by atoms with E-state index in [-0.39, 0.29) is 5.91 Å². The Morgan fingerprint density at radius 1 is 1.33 bits per heavy atom. The Balaban J connectivity index is 1.58.